The molecule has 2 rings (SSSR count). The minimum Gasteiger partial charge on any atom is -0.338 e. The summed E-state index contributed by atoms with van der Waals surface area (Å²) in [7, 11) is 3.44. The second-order valence-corrected chi connectivity index (χ2v) is 5.16. The first kappa shape index (κ1) is 16.9. The van der Waals surface area contributed by atoms with Crippen molar-refractivity contribution < 1.29 is 18.0 Å². The lowest BCUT2D eigenvalue weighted by atomic mass is 10.2. The van der Waals surface area contributed by atoms with E-state index in [-0.39, 0.29) is 5.69 Å². The molecule has 5 nitrogen and oxygen atoms in total. The van der Waals surface area contributed by atoms with E-state index in [0.717, 1.165) is 18.0 Å². The summed E-state index contributed by atoms with van der Waals surface area (Å²) in [6.07, 6.45) is 4.91. The van der Waals surface area contributed by atoms with Crippen molar-refractivity contribution >= 4 is 11.7 Å². The van der Waals surface area contributed by atoms with Crippen LogP contribution in [0.5, 0.6) is 0 Å². The summed E-state index contributed by atoms with van der Waals surface area (Å²) >= 11 is 0. The molecular weight excluding hydrogens is 309 g/mol. The van der Waals surface area contributed by atoms with Gasteiger partial charge in [0.2, 0.25) is 0 Å². The highest BCUT2D eigenvalue weighted by molar-refractivity contribution is 5.89. The van der Waals surface area contributed by atoms with Crippen LogP contribution in [0.3, 0.4) is 0 Å². The van der Waals surface area contributed by atoms with Crippen molar-refractivity contribution in [1.29, 1.82) is 0 Å². The maximum atomic E-state index is 13.1. The molecule has 1 N–H and O–H groups in total. The highest BCUT2D eigenvalue weighted by atomic mass is 19.2. The average Bonchev–Trinajstić information content (AvgIpc) is 2.90. The molecule has 0 saturated carbocycles. The Morgan fingerprint density at radius 2 is 1.96 bits per heavy atom. The maximum absolute atomic E-state index is 13.1. The lowest BCUT2D eigenvalue weighted by Crippen LogP contribution is -2.32. The Bertz CT molecular complexity index is 679. The molecule has 0 radical (unpaired) electrons. The molecule has 0 atom stereocenters. The second-order valence-electron chi connectivity index (χ2n) is 5.16. The predicted octanol–water partition coefficient (Wildman–Crippen LogP) is 2.93. The molecule has 1 aromatic heterocycles. The van der Waals surface area contributed by atoms with Crippen molar-refractivity contribution in [2.45, 2.75) is 12.8 Å². The second kappa shape index (κ2) is 7.17. The highest BCUT2D eigenvalue weighted by Crippen LogP contribution is 2.17. The number of aromatic nitrogens is 2. The molecule has 0 saturated heterocycles. The molecule has 0 aliphatic heterocycles. The summed E-state index contributed by atoms with van der Waals surface area (Å²) in [6, 6.07) is 0.936. The van der Waals surface area contributed by atoms with Gasteiger partial charge in [0.25, 0.3) is 0 Å². The lowest BCUT2D eigenvalue weighted by molar-refractivity contribution is 0.222. The van der Waals surface area contributed by atoms with E-state index in [1.807, 2.05) is 17.8 Å². The van der Waals surface area contributed by atoms with Crippen molar-refractivity contribution in [3.63, 3.8) is 0 Å². The van der Waals surface area contributed by atoms with Gasteiger partial charge in [0.15, 0.2) is 17.5 Å². The molecule has 23 heavy (non-hydrogen) atoms. The third kappa shape index (κ3) is 4.24. The standard InChI is InChI=1S/C15H17F3N4O/c1-21-7-5-19-13(21)4-3-6-22(2)15(23)20-10-8-11(16)14(18)12(17)9-10/h5,7-9H,3-4,6H2,1-2H3,(H,20,23). The Morgan fingerprint density at radius 1 is 1.30 bits per heavy atom. The van der Waals surface area contributed by atoms with Crippen LogP contribution in [-0.4, -0.2) is 34.1 Å². The predicted molar refractivity (Wildman–Crippen MR) is 79.5 cm³/mol. The average molecular weight is 326 g/mol. The highest BCUT2D eigenvalue weighted by Gasteiger charge is 2.14. The van der Waals surface area contributed by atoms with E-state index in [2.05, 4.69) is 10.3 Å². The van der Waals surface area contributed by atoms with E-state index in [4.69, 9.17) is 0 Å². The van der Waals surface area contributed by atoms with Crippen LogP contribution in [0.2, 0.25) is 0 Å². The van der Waals surface area contributed by atoms with Crippen LogP contribution < -0.4 is 5.32 Å². The number of aryl methyl sites for hydroxylation is 2. The quantitative estimate of drug-likeness (QED) is 0.859. The van der Waals surface area contributed by atoms with Gasteiger partial charge in [0.1, 0.15) is 5.82 Å². The van der Waals surface area contributed by atoms with Crippen LogP contribution in [0.1, 0.15) is 12.2 Å². The summed E-state index contributed by atoms with van der Waals surface area (Å²) in [4.78, 5) is 17.5. The van der Waals surface area contributed by atoms with Crippen molar-refractivity contribution in [2.75, 3.05) is 18.9 Å². The van der Waals surface area contributed by atoms with Crippen molar-refractivity contribution in [3.8, 4) is 0 Å². The number of halogens is 3. The normalized spacial score (nSPS) is 10.7. The molecule has 0 bridgehead atoms. The topological polar surface area (TPSA) is 50.2 Å². The maximum Gasteiger partial charge on any atom is 0.321 e. The number of imidazole rings is 1. The van der Waals surface area contributed by atoms with E-state index in [1.54, 1.807) is 13.2 Å². The van der Waals surface area contributed by atoms with Crippen molar-refractivity contribution in [2.24, 2.45) is 7.05 Å². The largest absolute Gasteiger partial charge is 0.338 e. The summed E-state index contributed by atoms with van der Waals surface area (Å²) < 4.78 is 41.0. The summed E-state index contributed by atoms with van der Waals surface area (Å²) in [5.41, 5.74) is -0.137. The van der Waals surface area contributed by atoms with E-state index < -0.39 is 23.5 Å². The van der Waals surface area contributed by atoms with Gasteiger partial charge in [-0.1, -0.05) is 0 Å². The molecule has 124 valence electrons. The molecule has 0 aliphatic rings. The first-order valence-electron chi connectivity index (χ1n) is 7.01. The lowest BCUT2D eigenvalue weighted by Gasteiger charge is -2.18. The van der Waals surface area contributed by atoms with Gasteiger partial charge in [-0.3, -0.25) is 0 Å². The molecular formula is C15H17F3N4O. The van der Waals surface area contributed by atoms with Crippen LogP contribution in [0.4, 0.5) is 23.7 Å². The van der Waals surface area contributed by atoms with Crippen LogP contribution in [0.15, 0.2) is 24.5 Å². The van der Waals surface area contributed by atoms with Gasteiger partial charge >= 0.3 is 6.03 Å². The van der Waals surface area contributed by atoms with Crippen LogP contribution in [-0.2, 0) is 13.5 Å². The SMILES string of the molecule is CN(CCCc1nccn1C)C(=O)Nc1cc(F)c(F)c(F)c1. The Hall–Kier alpha value is -2.51. The number of carbonyl (C=O) groups excluding carboxylic acids is 1. The number of carbonyl (C=O) groups is 1. The van der Waals surface area contributed by atoms with Crippen LogP contribution in [0.25, 0.3) is 0 Å². The Balaban J connectivity index is 1.86. The number of nitrogens with one attached hydrogen (secondary N) is 1. The number of benzene rings is 1. The zero-order valence-electron chi connectivity index (χ0n) is 12.8. The molecule has 2 amide bonds. The van der Waals surface area contributed by atoms with Crippen LogP contribution >= 0.6 is 0 Å². The number of anilines is 1. The first-order chi connectivity index (χ1) is 10.9. The van der Waals surface area contributed by atoms with Gasteiger partial charge in [-0.05, 0) is 6.42 Å². The number of hydrogen-bond donors (Lipinski definition) is 1. The first-order valence-corrected chi connectivity index (χ1v) is 7.01. The van der Waals surface area contributed by atoms with Crippen molar-refractivity contribution in [3.05, 3.63) is 47.8 Å². The van der Waals surface area contributed by atoms with E-state index in [1.165, 1.54) is 4.90 Å². The third-order valence-electron chi connectivity index (χ3n) is 3.40. The molecule has 8 heteroatoms. The van der Waals surface area contributed by atoms with Gasteiger partial charge in [-0.2, -0.15) is 0 Å². The van der Waals surface area contributed by atoms with Gasteiger partial charge in [-0.25, -0.2) is 22.9 Å². The Labute approximate surface area is 131 Å². The number of hydrogen-bond acceptors (Lipinski definition) is 2. The van der Waals surface area contributed by atoms with Gasteiger partial charge < -0.3 is 14.8 Å². The van der Waals surface area contributed by atoms with Gasteiger partial charge in [0.05, 0.1) is 0 Å². The summed E-state index contributed by atoms with van der Waals surface area (Å²) in [6.45, 7) is 0.435. The zero-order valence-corrected chi connectivity index (χ0v) is 12.8. The molecule has 0 unspecified atom stereocenters. The molecule has 1 heterocycles. The molecule has 2 aromatic rings. The number of nitrogens with zero attached hydrogens (tertiary/aromatic N) is 3. The van der Waals surface area contributed by atoms with E-state index in [9.17, 15) is 18.0 Å². The van der Waals surface area contributed by atoms with Crippen LogP contribution in [0, 0.1) is 17.5 Å². The Morgan fingerprint density at radius 3 is 2.52 bits per heavy atom. The van der Waals surface area contributed by atoms with Gasteiger partial charge in [0, 0.05) is 57.3 Å². The smallest absolute Gasteiger partial charge is 0.321 e. The summed E-state index contributed by atoms with van der Waals surface area (Å²) in [5, 5.41) is 2.33. The number of amides is 2. The zero-order chi connectivity index (χ0) is 17.0. The third-order valence-corrected chi connectivity index (χ3v) is 3.40. The summed E-state index contributed by atoms with van der Waals surface area (Å²) in [5.74, 6) is -3.36. The minimum atomic E-state index is -1.56. The fourth-order valence-electron chi connectivity index (χ4n) is 2.06. The number of urea groups is 1. The Kier molecular flexibility index (Phi) is 5.25. The fraction of sp³-hybridized carbons (Fsp3) is 0.333. The molecule has 0 fully saturated rings. The number of rotatable bonds is 5. The monoisotopic (exact) mass is 326 g/mol. The van der Waals surface area contributed by atoms with Crippen molar-refractivity contribution in [1.82, 2.24) is 14.5 Å². The molecule has 0 spiro atoms. The molecule has 0 aliphatic carbocycles. The van der Waals surface area contributed by atoms with E-state index >= 15 is 0 Å². The minimum absolute atomic E-state index is 0.137. The van der Waals surface area contributed by atoms with E-state index in [0.29, 0.717) is 19.4 Å². The van der Waals surface area contributed by atoms with Gasteiger partial charge in [-0.15, -0.1) is 0 Å². The molecule has 1 aromatic carbocycles. The fourth-order valence-corrected chi connectivity index (χ4v) is 2.06.